The fourth-order valence-corrected chi connectivity index (χ4v) is 3.24. The van der Waals surface area contributed by atoms with E-state index in [1.165, 1.54) is 19.4 Å². The fourth-order valence-electron chi connectivity index (χ4n) is 3.24. The highest BCUT2D eigenvalue weighted by molar-refractivity contribution is 5.86. The fraction of sp³-hybridized carbons (Fsp3) is 0.933. The maximum atomic E-state index is 12.2. The van der Waals surface area contributed by atoms with Gasteiger partial charge in [0.15, 0.2) is 0 Å². The maximum Gasteiger partial charge on any atom is 0.240 e. The van der Waals surface area contributed by atoms with Crippen molar-refractivity contribution in [1.29, 1.82) is 0 Å². The molecule has 4 heteroatoms. The minimum Gasteiger partial charge on any atom is -0.352 e. The number of hydrogen-bond acceptors (Lipinski definition) is 3. The van der Waals surface area contributed by atoms with Crippen LogP contribution in [0.5, 0.6) is 0 Å². The number of rotatable bonds is 5. The van der Waals surface area contributed by atoms with E-state index in [0.29, 0.717) is 6.04 Å². The molecule has 2 fully saturated rings. The number of carbonyl (C=O) groups is 1. The van der Waals surface area contributed by atoms with Gasteiger partial charge >= 0.3 is 0 Å². The first-order valence-electron chi connectivity index (χ1n) is 7.96. The summed E-state index contributed by atoms with van der Waals surface area (Å²) < 4.78 is 0. The molecule has 3 N–H and O–H groups in total. The van der Waals surface area contributed by atoms with Crippen LogP contribution < -0.4 is 11.1 Å². The van der Waals surface area contributed by atoms with Crippen LogP contribution in [-0.2, 0) is 4.79 Å². The van der Waals surface area contributed by atoms with Crippen molar-refractivity contribution < 1.29 is 4.79 Å². The standard InChI is InChI=1S/C15H29N3O/c1-2-3-10-18-11-6-13(7-12-18)17-14(19)15(16)8-4-5-9-15/h13H,2-12,16H2,1H3,(H,17,19). The molecule has 2 aliphatic rings. The summed E-state index contributed by atoms with van der Waals surface area (Å²) in [6.07, 6.45) is 8.59. The zero-order chi connectivity index (χ0) is 13.7. The Balaban J connectivity index is 1.72. The van der Waals surface area contributed by atoms with E-state index in [1.807, 2.05) is 0 Å². The highest BCUT2D eigenvalue weighted by atomic mass is 16.2. The Morgan fingerprint density at radius 3 is 2.53 bits per heavy atom. The van der Waals surface area contributed by atoms with Crippen molar-refractivity contribution >= 4 is 5.91 Å². The first kappa shape index (κ1) is 14.8. The Morgan fingerprint density at radius 1 is 1.32 bits per heavy atom. The number of nitrogens with one attached hydrogen (secondary N) is 1. The molecule has 0 spiro atoms. The van der Waals surface area contributed by atoms with Crippen molar-refractivity contribution in [3.63, 3.8) is 0 Å². The molecule has 1 amide bonds. The lowest BCUT2D eigenvalue weighted by atomic mass is 9.96. The van der Waals surface area contributed by atoms with Gasteiger partial charge in [0.05, 0.1) is 5.54 Å². The third-order valence-corrected chi connectivity index (χ3v) is 4.70. The quantitative estimate of drug-likeness (QED) is 0.796. The molecule has 19 heavy (non-hydrogen) atoms. The molecule has 1 saturated carbocycles. The Kier molecular flexibility index (Phi) is 5.22. The van der Waals surface area contributed by atoms with Crippen LogP contribution in [0.25, 0.3) is 0 Å². The van der Waals surface area contributed by atoms with Crippen molar-refractivity contribution in [2.45, 2.75) is 69.9 Å². The molecular formula is C15H29N3O. The molecule has 0 radical (unpaired) electrons. The second kappa shape index (κ2) is 6.71. The van der Waals surface area contributed by atoms with Crippen LogP contribution >= 0.6 is 0 Å². The highest BCUT2D eigenvalue weighted by Gasteiger charge is 2.38. The van der Waals surface area contributed by atoms with Crippen molar-refractivity contribution in [3.8, 4) is 0 Å². The average molecular weight is 267 g/mol. The van der Waals surface area contributed by atoms with E-state index in [-0.39, 0.29) is 5.91 Å². The zero-order valence-electron chi connectivity index (χ0n) is 12.3. The summed E-state index contributed by atoms with van der Waals surface area (Å²) in [5.41, 5.74) is 5.62. The lowest BCUT2D eigenvalue weighted by Gasteiger charge is -2.34. The average Bonchev–Trinajstić information content (AvgIpc) is 2.86. The van der Waals surface area contributed by atoms with Crippen molar-refractivity contribution in [2.24, 2.45) is 5.73 Å². The van der Waals surface area contributed by atoms with Gasteiger partial charge in [-0.2, -0.15) is 0 Å². The van der Waals surface area contributed by atoms with Crippen LogP contribution in [0.15, 0.2) is 0 Å². The van der Waals surface area contributed by atoms with Crippen molar-refractivity contribution in [1.82, 2.24) is 10.2 Å². The summed E-state index contributed by atoms with van der Waals surface area (Å²) in [6, 6.07) is 0.339. The molecule has 110 valence electrons. The molecule has 1 heterocycles. The summed E-state index contributed by atoms with van der Waals surface area (Å²) in [6.45, 7) is 5.66. The van der Waals surface area contributed by atoms with Crippen LogP contribution in [0.1, 0.15) is 58.3 Å². The molecule has 0 atom stereocenters. The molecule has 1 aliphatic carbocycles. The monoisotopic (exact) mass is 267 g/mol. The number of unbranched alkanes of at least 4 members (excludes halogenated alkanes) is 1. The lowest BCUT2D eigenvalue weighted by molar-refractivity contribution is -0.127. The van der Waals surface area contributed by atoms with Gasteiger partial charge in [-0.1, -0.05) is 26.2 Å². The summed E-state index contributed by atoms with van der Waals surface area (Å²) in [5, 5.41) is 3.19. The van der Waals surface area contributed by atoms with Gasteiger partial charge in [-0.05, 0) is 38.6 Å². The third-order valence-electron chi connectivity index (χ3n) is 4.70. The number of amides is 1. The Morgan fingerprint density at radius 2 is 1.95 bits per heavy atom. The molecular weight excluding hydrogens is 238 g/mol. The van der Waals surface area contributed by atoms with Gasteiger partial charge in [-0.3, -0.25) is 4.79 Å². The number of likely N-dealkylation sites (tertiary alicyclic amines) is 1. The van der Waals surface area contributed by atoms with Gasteiger partial charge in [0.1, 0.15) is 0 Å². The number of piperidine rings is 1. The van der Waals surface area contributed by atoms with E-state index < -0.39 is 5.54 Å². The predicted molar refractivity (Wildman–Crippen MR) is 77.9 cm³/mol. The maximum absolute atomic E-state index is 12.2. The van der Waals surface area contributed by atoms with E-state index in [9.17, 15) is 4.79 Å². The molecule has 2 rings (SSSR count). The molecule has 0 unspecified atom stereocenters. The second-order valence-corrected chi connectivity index (χ2v) is 6.31. The van der Waals surface area contributed by atoms with E-state index >= 15 is 0 Å². The zero-order valence-corrected chi connectivity index (χ0v) is 12.3. The van der Waals surface area contributed by atoms with Crippen LogP contribution in [0, 0.1) is 0 Å². The lowest BCUT2D eigenvalue weighted by Crippen LogP contribution is -2.56. The molecule has 0 aromatic rings. The minimum atomic E-state index is -0.570. The highest BCUT2D eigenvalue weighted by Crippen LogP contribution is 2.27. The smallest absolute Gasteiger partial charge is 0.240 e. The van der Waals surface area contributed by atoms with Gasteiger partial charge in [-0.25, -0.2) is 0 Å². The summed E-state index contributed by atoms with van der Waals surface area (Å²) >= 11 is 0. The van der Waals surface area contributed by atoms with Crippen LogP contribution in [0.2, 0.25) is 0 Å². The third kappa shape index (κ3) is 3.93. The molecule has 4 nitrogen and oxygen atoms in total. The van der Waals surface area contributed by atoms with Gasteiger partial charge in [-0.15, -0.1) is 0 Å². The molecule has 1 aliphatic heterocycles. The van der Waals surface area contributed by atoms with Gasteiger partial charge in [0.25, 0.3) is 0 Å². The van der Waals surface area contributed by atoms with E-state index in [1.54, 1.807) is 0 Å². The van der Waals surface area contributed by atoms with Crippen LogP contribution in [0.3, 0.4) is 0 Å². The first-order chi connectivity index (χ1) is 9.14. The number of nitrogens with zero attached hydrogens (tertiary/aromatic N) is 1. The number of carbonyl (C=O) groups excluding carboxylic acids is 1. The summed E-state index contributed by atoms with van der Waals surface area (Å²) in [7, 11) is 0. The minimum absolute atomic E-state index is 0.0945. The van der Waals surface area contributed by atoms with Crippen LogP contribution in [-0.4, -0.2) is 42.0 Å². The summed E-state index contributed by atoms with van der Waals surface area (Å²) in [5.74, 6) is 0.0945. The molecule has 0 aromatic heterocycles. The summed E-state index contributed by atoms with van der Waals surface area (Å²) in [4.78, 5) is 14.8. The topological polar surface area (TPSA) is 58.4 Å². The number of hydrogen-bond donors (Lipinski definition) is 2. The van der Waals surface area contributed by atoms with E-state index in [4.69, 9.17) is 5.73 Å². The Labute approximate surface area is 117 Å². The van der Waals surface area contributed by atoms with Crippen molar-refractivity contribution in [2.75, 3.05) is 19.6 Å². The van der Waals surface area contributed by atoms with E-state index in [0.717, 1.165) is 51.6 Å². The normalized spacial score (nSPS) is 24.5. The predicted octanol–water partition coefficient (Wildman–Crippen LogP) is 1.64. The van der Waals surface area contributed by atoms with Gasteiger partial charge in [0.2, 0.25) is 5.91 Å². The number of nitrogens with two attached hydrogens (primary N) is 1. The van der Waals surface area contributed by atoms with Crippen molar-refractivity contribution in [3.05, 3.63) is 0 Å². The van der Waals surface area contributed by atoms with Gasteiger partial charge in [0, 0.05) is 19.1 Å². The van der Waals surface area contributed by atoms with Gasteiger partial charge < -0.3 is 16.0 Å². The molecule has 1 saturated heterocycles. The Bertz CT molecular complexity index is 292. The molecule has 0 aromatic carbocycles. The van der Waals surface area contributed by atoms with E-state index in [2.05, 4.69) is 17.1 Å². The Hall–Kier alpha value is -0.610. The van der Waals surface area contributed by atoms with Crippen LogP contribution in [0.4, 0.5) is 0 Å². The SMILES string of the molecule is CCCCN1CCC(NC(=O)C2(N)CCCC2)CC1. The first-order valence-corrected chi connectivity index (χ1v) is 7.96. The largest absolute Gasteiger partial charge is 0.352 e. The second-order valence-electron chi connectivity index (χ2n) is 6.31. The molecule has 0 bridgehead atoms.